The van der Waals surface area contributed by atoms with Crippen molar-refractivity contribution in [3.8, 4) is 11.5 Å². The SMILES string of the molecule is CCCCCCC(C)(C)c1cc(OCc2ccccc2)c2c(c1)OC(C)(C)CC2NC=O. The van der Waals surface area contributed by atoms with E-state index in [9.17, 15) is 4.79 Å². The van der Waals surface area contributed by atoms with E-state index < -0.39 is 0 Å². The lowest BCUT2D eigenvalue weighted by molar-refractivity contribution is -0.110. The highest BCUT2D eigenvalue weighted by Crippen LogP contribution is 2.47. The van der Waals surface area contributed by atoms with Crippen molar-refractivity contribution in [3.63, 3.8) is 0 Å². The third-order valence-electron chi connectivity index (χ3n) is 6.48. The summed E-state index contributed by atoms with van der Waals surface area (Å²) in [6.07, 6.45) is 7.58. The van der Waals surface area contributed by atoms with Crippen molar-refractivity contribution in [1.29, 1.82) is 0 Å². The number of nitrogens with one attached hydrogen (secondary N) is 1. The van der Waals surface area contributed by atoms with Crippen LogP contribution in [0.4, 0.5) is 0 Å². The van der Waals surface area contributed by atoms with E-state index in [4.69, 9.17) is 9.47 Å². The summed E-state index contributed by atoms with van der Waals surface area (Å²) in [5, 5.41) is 3.00. The molecule has 0 aliphatic carbocycles. The van der Waals surface area contributed by atoms with Gasteiger partial charge in [0.15, 0.2) is 0 Å². The predicted molar refractivity (Wildman–Crippen MR) is 130 cm³/mol. The normalized spacial score (nSPS) is 17.2. The molecule has 0 fully saturated rings. The van der Waals surface area contributed by atoms with E-state index >= 15 is 0 Å². The minimum atomic E-state index is -0.367. The van der Waals surface area contributed by atoms with Gasteiger partial charge in [-0.2, -0.15) is 0 Å². The largest absolute Gasteiger partial charge is 0.488 e. The van der Waals surface area contributed by atoms with Gasteiger partial charge in [-0.05, 0) is 48.9 Å². The smallest absolute Gasteiger partial charge is 0.207 e. The van der Waals surface area contributed by atoms with Crippen molar-refractivity contribution in [2.45, 2.75) is 96.8 Å². The molecule has 2 aromatic carbocycles. The second-order valence-corrected chi connectivity index (χ2v) is 10.3. The van der Waals surface area contributed by atoms with Crippen molar-refractivity contribution < 1.29 is 14.3 Å². The molecule has 1 unspecified atom stereocenters. The first kappa shape index (κ1) is 24.2. The van der Waals surface area contributed by atoms with Crippen LogP contribution in [0.25, 0.3) is 0 Å². The fourth-order valence-electron chi connectivity index (χ4n) is 4.57. The maximum atomic E-state index is 11.4. The van der Waals surface area contributed by atoms with Crippen LogP contribution in [0, 0.1) is 0 Å². The van der Waals surface area contributed by atoms with E-state index in [0.717, 1.165) is 35.5 Å². The Morgan fingerprint density at radius 1 is 1.16 bits per heavy atom. The maximum absolute atomic E-state index is 11.4. The molecule has 1 heterocycles. The molecular formula is C28H39NO3. The van der Waals surface area contributed by atoms with E-state index in [0.29, 0.717) is 13.0 Å². The van der Waals surface area contributed by atoms with Crippen LogP contribution in [0.5, 0.6) is 11.5 Å². The highest BCUT2D eigenvalue weighted by Gasteiger charge is 2.37. The summed E-state index contributed by atoms with van der Waals surface area (Å²) in [6.45, 7) is 11.5. The van der Waals surface area contributed by atoms with E-state index in [-0.39, 0.29) is 17.1 Å². The van der Waals surface area contributed by atoms with Gasteiger partial charge >= 0.3 is 0 Å². The number of ether oxygens (including phenoxy) is 2. The highest BCUT2D eigenvalue weighted by molar-refractivity contribution is 5.56. The van der Waals surface area contributed by atoms with E-state index in [1.165, 1.54) is 31.2 Å². The monoisotopic (exact) mass is 437 g/mol. The van der Waals surface area contributed by atoms with Crippen molar-refractivity contribution in [2.24, 2.45) is 0 Å². The van der Waals surface area contributed by atoms with Crippen molar-refractivity contribution in [2.75, 3.05) is 0 Å². The summed E-state index contributed by atoms with van der Waals surface area (Å²) in [5.41, 5.74) is 2.92. The van der Waals surface area contributed by atoms with E-state index in [2.05, 4.69) is 64.2 Å². The number of hydrogen-bond donors (Lipinski definition) is 1. The van der Waals surface area contributed by atoms with E-state index in [1.54, 1.807) is 0 Å². The molecule has 2 aromatic rings. The molecule has 1 aliphatic rings. The molecule has 174 valence electrons. The Balaban J connectivity index is 1.98. The average Bonchev–Trinajstić information content (AvgIpc) is 2.75. The molecule has 0 spiro atoms. The molecule has 1 atom stereocenters. The van der Waals surface area contributed by atoms with Gasteiger partial charge in [0.2, 0.25) is 6.41 Å². The number of amides is 1. The first-order valence-corrected chi connectivity index (χ1v) is 12.0. The Kier molecular flexibility index (Phi) is 7.86. The van der Waals surface area contributed by atoms with Gasteiger partial charge in [-0.25, -0.2) is 0 Å². The van der Waals surface area contributed by atoms with Gasteiger partial charge in [0.1, 0.15) is 23.7 Å². The molecule has 32 heavy (non-hydrogen) atoms. The average molecular weight is 438 g/mol. The molecule has 1 N–H and O–H groups in total. The van der Waals surface area contributed by atoms with Crippen LogP contribution in [0.15, 0.2) is 42.5 Å². The highest BCUT2D eigenvalue weighted by atomic mass is 16.5. The van der Waals surface area contributed by atoms with Crippen LogP contribution >= 0.6 is 0 Å². The Hall–Kier alpha value is -2.49. The lowest BCUT2D eigenvalue weighted by atomic mass is 9.78. The van der Waals surface area contributed by atoms with Gasteiger partial charge in [0.05, 0.1) is 11.6 Å². The Morgan fingerprint density at radius 2 is 1.91 bits per heavy atom. The topological polar surface area (TPSA) is 47.6 Å². The molecule has 1 aliphatic heterocycles. The van der Waals surface area contributed by atoms with Crippen molar-refractivity contribution >= 4 is 6.41 Å². The molecule has 1 amide bonds. The molecule has 3 rings (SSSR count). The maximum Gasteiger partial charge on any atom is 0.207 e. The zero-order chi connectivity index (χ0) is 23.2. The van der Waals surface area contributed by atoms with Crippen LogP contribution < -0.4 is 14.8 Å². The van der Waals surface area contributed by atoms with E-state index in [1.807, 2.05) is 18.2 Å². The molecule has 4 heteroatoms. The summed E-state index contributed by atoms with van der Waals surface area (Å²) >= 11 is 0. The molecule has 0 aromatic heterocycles. The quantitative estimate of drug-likeness (QED) is 0.308. The predicted octanol–water partition coefficient (Wildman–Crippen LogP) is 6.86. The zero-order valence-corrected chi connectivity index (χ0v) is 20.4. The number of fused-ring (bicyclic) bond motifs is 1. The van der Waals surface area contributed by atoms with Crippen LogP contribution in [0.2, 0.25) is 0 Å². The Bertz CT molecular complexity index is 889. The number of rotatable bonds is 11. The first-order chi connectivity index (χ1) is 15.3. The number of unbranched alkanes of at least 4 members (excludes halogenated alkanes) is 3. The summed E-state index contributed by atoms with van der Waals surface area (Å²) in [4.78, 5) is 11.4. The van der Waals surface area contributed by atoms with Gasteiger partial charge in [0.25, 0.3) is 0 Å². The Morgan fingerprint density at radius 3 is 2.59 bits per heavy atom. The molecular weight excluding hydrogens is 398 g/mol. The lowest BCUT2D eigenvalue weighted by Gasteiger charge is -2.39. The van der Waals surface area contributed by atoms with Crippen LogP contribution in [-0.4, -0.2) is 12.0 Å². The number of carbonyl (C=O) groups excluding carboxylic acids is 1. The van der Waals surface area contributed by atoms with Crippen LogP contribution in [-0.2, 0) is 16.8 Å². The lowest BCUT2D eigenvalue weighted by Crippen LogP contribution is -2.39. The van der Waals surface area contributed by atoms with Crippen LogP contribution in [0.1, 0.15) is 95.9 Å². The zero-order valence-electron chi connectivity index (χ0n) is 20.4. The summed E-state index contributed by atoms with van der Waals surface area (Å²) in [5.74, 6) is 1.63. The van der Waals surface area contributed by atoms with Gasteiger partial charge in [-0.15, -0.1) is 0 Å². The molecule has 0 saturated heterocycles. The van der Waals surface area contributed by atoms with Crippen molar-refractivity contribution in [1.82, 2.24) is 5.32 Å². The third-order valence-corrected chi connectivity index (χ3v) is 6.48. The van der Waals surface area contributed by atoms with Gasteiger partial charge < -0.3 is 14.8 Å². The minimum absolute atomic E-state index is 0.00611. The number of hydrogen-bond acceptors (Lipinski definition) is 3. The molecule has 0 saturated carbocycles. The fourth-order valence-corrected chi connectivity index (χ4v) is 4.57. The van der Waals surface area contributed by atoms with Gasteiger partial charge in [0, 0.05) is 6.42 Å². The van der Waals surface area contributed by atoms with Gasteiger partial charge in [-0.3, -0.25) is 4.79 Å². The summed E-state index contributed by atoms with van der Waals surface area (Å²) < 4.78 is 12.8. The summed E-state index contributed by atoms with van der Waals surface area (Å²) in [7, 11) is 0. The minimum Gasteiger partial charge on any atom is -0.488 e. The second kappa shape index (κ2) is 10.4. The second-order valence-electron chi connectivity index (χ2n) is 10.3. The molecule has 4 nitrogen and oxygen atoms in total. The Labute approximate surface area is 193 Å². The standard InChI is InChI=1S/C28H39NO3/c1-6-7-8-12-15-27(2,3)22-16-24(31-19-21-13-10-9-11-14-21)26-23(29-20-30)18-28(4,5)32-25(26)17-22/h9-11,13-14,16-17,20,23H,6-8,12,15,18-19H2,1-5H3,(H,29,30). The number of benzene rings is 2. The number of carbonyl (C=O) groups is 1. The molecule has 0 bridgehead atoms. The third kappa shape index (κ3) is 6.05. The molecule has 0 radical (unpaired) electrons. The summed E-state index contributed by atoms with van der Waals surface area (Å²) in [6, 6.07) is 14.4. The van der Waals surface area contributed by atoms with Crippen molar-refractivity contribution in [3.05, 3.63) is 59.2 Å². The first-order valence-electron chi connectivity index (χ1n) is 12.0. The fraction of sp³-hybridized carbons (Fsp3) is 0.536. The van der Waals surface area contributed by atoms with Crippen LogP contribution in [0.3, 0.4) is 0 Å². The van der Waals surface area contributed by atoms with Gasteiger partial charge in [-0.1, -0.05) is 76.8 Å².